The first-order valence-electron chi connectivity index (χ1n) is 5.41. The third-order valence-electron chi connectivity index (χ3n) is 2.88. The molecule has 0 saturated carbocycles. The van der Waals surface area contributed by atoms with Crippen molar-refractivity contribution in [3.63, 3.8) is 0 Å². The lowest BCUT2D eigenvalue weighted by molar-refractivity contribution is -0.135. The van der Waals surface area contributed by atoms with Gasteiger partial charge in [0.05, 0.1) is 13.2 Å². The Balaban J connectivity index is 2.11. The number of hydrogen-bond acceptors (Lipinski definition) is 5. The summed E-state index contributed by atoms with van der Waals surface area (Å²) < 4.78 is 0. The Labute approximate surface area is 94.9 Å². The van der Waals surface area contributed by atoms with E-state index in [0.29, 0.717) is 12.5 Å². The third-order valence-corrected chi connectivity index (χ3v) is 2.88. The summed E-state index contributed by atoms with van der Waals surface area (Å²) in [7, 11) is 0. The molecule has 1 aliphatic rings. The van der Waals surface area contributed by atoms with Crippen molar-refractivity contribution in [2.45, 2.75) is 12.5 Å². The highest BCUT2D eigenvalue weighted by atomic mass is 16.4. The van der Waals surface area contributed by atoms with Gasteiger partial charge in [0.1, 0.15) is 5.60 Å². The van der Waals surface area contributed by atoms with E-state index in [-0.39, 0.29) is 12.5 Å². The number of likely N-dealkylation sites (tertiary alicyclic amines) is 1. The highest BCUT2D eigenvalue weighted by Gasteiger charge is 2.29. The van der Waals surface area contributed by atoms with Crippen LogP contribution in [0.4, 0.5) is 0 Å². The summed E-state index contributed by atoms with van der Waals surface area (Å²) >= 11 is 0. The predicted octanol–water partition coefficient (Wildman–Crippen LogP) is -2.23. The molecular weight excluding hydrogens is 212 g/mol. The molecule has 0 unspecified atom stereocenters. The molecule has 0 radical (unpaired) electrons. The zero-order valence-corrected chi connectivity index (χ0v) is 9.52. The Bertz CT molecular complexity index is 237. The molecule has 0 aromatic heterocycles. The quantitative estimate of drug-likeness (QED) is 0.416. The van der Waals surface area contributed by atoms with E-state index in [1.807, 2.05) is 0 Å². The van der Waals surface area contributed by atoms with Crippen LogP contribution in [0.2, 0.25) is 0 Å². The number of carbonyl (C=O) groups excluding carboxylic acids is 1. The number of carbonyl (C=O) groups is 1. The van der Waals surface area contributed by atoms with Crippen molar-refractivity contribution < 1.29 is 20.1 Å². The van der Waals surface area contributed by atoms with Crippen LogP contribution < -0.4 is 5.32 Å². The minimum absolute atomic E-state index is 0.0819. The molecule has 6 heteroatoms. The van der Waals surface area contributed by atoms with E-state index in [1.165, 1.54) is 0 Å². The molecule has 1 heterocycles. The monoisotopic (exact) mass is 232 g/mol. The molecule has 1 aliphatic heterocycles. The first kappa shape index (κ1) is 13.4. The van der Waals surface area contributed by atoms with Gasteiger partial charge in [-0.05, 0) is 0 Å². The molecule has 1 amide bonds. The maximum atomic E-state index is 10.9. The van der Waals surface area contributed by atoms with Crippen LogP contribution in [-0.2, 0) is 4.79 Å². The van der Waals surface area contributed by atoms with Gasteiger partial charge in [-0.2, -0.15) is 0 Å². The van der Waals surface area contributed by atoms with E-state index < -0.39 is 18.8 Å². The second-order valence-corrected chi connectivity index (χ2v) is 4.46. The molecule has 0 aliphatic carbocycles. The molecule has 4 N–H and O–H groups in total. The van der Waals surface area contributed by atoms with Crippen LogP contribution in [0, 0.1) is 5.92 Å². The second-order valence-electron chi connectivity index (χ2n) is 4.46. The van der Waals surface area contributed by atoms with E-state index in [2.05, 4.69) is 5.32 Å². The van der Waals surface area contributed by atoms with Gasteiger partial charge < -0.3 is 25.5 Å². The Morgan fingerprint density at radius 2 is 2.00 bits per heavy atom. The molecule has 0 bridgehead atoms. The van der Waals surface area contributed by atoms with Crippen molar-refractivity contribution >= 4 is 5.91 Å². The standard InChI is InChI=1S/C10H20N2O4/c1-8(15)12-3-9(4-12)2-11-5-10(16,6-13)7-14/h9,11,13-14,16H,2-7H2,1H3. The number of hydrogen-bond donors (Lipinski definition) is 4. The van der Waals surface area contributed by atoms with Crippen LogP contribution >= 0.6 is 0 Å². The van der Waals surface area contributed by atoms with Crippen molar-refractivity contribution in [1.29, 1.82) is 0 Å². The fraction of sp³-hybridized carbons (Fsp3) is 0.900. The van der Waals surface area contributed by atoms with Crippen molar-refractivity contribution in [2.24, 2.45) is 5.92 Å². The van der Waals surface area contributed by atoms with Gasteiger partial charge in [0.15, 0.2) is 0 Å². The summed E-state index contributed by atoms with van der Waals surface area (Å²) in [6.07, 6.45) is 0. The zero-order valence-electron chi connectivity index (χ0n) is 9.52. The summed E-state index contributed by atoms with van der Waals surface area (Å²) in [5.41, 5.74) is -1.45. The van der Waals surface area contributed by atoms with Gasteiger partial charge >= 0.3 is 0 Å². The number of aliphatic hydroxyl groups is 3. The highest BCUT2D eigenvalue weighted by Crippen LogP contribution is 2.14. The predicted molar refractivity (Wildman–Crippen MR) is 57.7 cm³/mol. The lowest BCUT2D eigenvalue weighted by Gasteiger charge is -2.39. The highest BCUT2D eigenvalue weighted by molar-refractivity contribution is 5.74. The van der Waals surface area contributed by atoms with Gasteiger partial charge in [-0.25, -0.2) is 0 Å². The van der Waals surface area contributed by atoms with Crippen LogP contribution in [0.15, 0.2) is 0 Å². The van der Waals surface area contributed by atoms with E-state index >= 15 is 0 Å². The van der Waals surface area contributed by atoms with Crippen molar-refractivity contribution in [3.05, 3.63) is 0 Å². The number of nitrogens with zero attached hydrogens (tertiary/aromatic N) is 1. The zero-order chi connectivity index (χ0) is 12.2. The van der Waals surface area contributed by atoms with Gasteiger partial charge in [-0.3, -0.25) is 4.79 Å². The Morgan fingerprint density at radius 3 is 2.44 bits per heavy atom. The average Bonchev–Trinajstić information content (AvgIpc) is 2.20. The van der Waals surface area contributed by atoms with Crippen LogP contribution in [0.3, 0.4) is 0 Å². The fourth-order valence-electron chi connectivity index (χ4n) is 1.63. The van der Waals surface area contributed by atoms with Crippen LogP contribution in [0.5, 0.6) is 0 Å². The molecule has 1 fully saturated rings. The first-order chi connectivity index (χ1) is 7.50. The maximum Gasteiger partial charge on any atom is 0.219 e. The fourth-order valence-corrected chi connectivity index (χ4v) is 1.63. The Kier molecular flexibility index (Phi) is 4.67. The molecule has 1 saturated heterocycles. The van der Waals surface area contributed by atoms with Crippen LogP contribution in [0.1, 0.15) is 6.92 Å². The largest absolute Gasteiger partial charge is 0.393 e. The molecule has 0 spiro atoms. The topological polar surface area (TPSA) is 93.0 Å². The van der Waals surface area contributed by atoms with Crippen LogP contribution in [-0.4, -0.2) is 71.1 Å². The molecule has 94 valence electrons. The average molecular weight is 232 g/mol. The summed E-state index contributed by atoms with van der Waals surface area (Å²) in [6, 6.07) is 0. The first-order valence-corrected chi connectivity index (χ1v) is 5.41. The summed E-state index contributed by atoms with van der Waals surface area (Å²) in [4.78, 5) is 12.6. The van der Waals surface area contributed by atoms with Gasteiger partial charge in [-0.1, -0.05) is 0 Å². The molecule has 0 atom stereocenters. The lowest BCUT2D eigenvalue weighted by Crippen LogP contribution is -2.54. The van der Waals surface area contributed by atoms with E-state index in [1.54, 1.807) is 11.8 Å². The molecule has 6 nitrogen and oxygen atoms in total. The minimum Gasteiger partial charge on any atom is -0.393 e. The molecule has 16 heavy (non-hydrogen) atoms. The molecule has 1 rings (SSSR count). The second kappa shape index (κ2) is 5.58. The summed E-state index contributed by atoms with van der Waals surface area (Å²) in [5, 5.41) is 30.2. The number of nitrogens with one attached hydrogen (secondary N) is 1. The smallest absolute Gasteiger partial charge is 0.219 e. The van der Waals surface area contributed by atoms with Gasteiger partial charge in [0.2, 0.25) is 5.91 Å². The van der Waals surface area contributed by atoms with Gasteiger partial charge in [-0.15, -0.1) is 0 Å². The van der Waals surface area contributed by atoms with E-state index in [9.17, 15) is 9.90 Å². The number of amides is 1. The SMILES string of the molecule is CC(=O)N1CC(CNCC(O)(CO)CO)C1. The van der Waals surface area contributed by atoms with Gasteiger partial charge in [0.25, 0.3) is 0 Å². The van der Waals surface area contributed by atoms with Crippen molar-refractivity contribution in [3.8, 4) is 0 Å². The summed E-state index contributed by atoms with van der Waals surface area (Å²) in [5.74, 6) is 0.476. The Hall–Kier alpha value is -0.690. The van der Waals surface area contributed by atoms with Crippen LogP contribution in [0.25, 0.3) is 0 Å². The molecule has 0 aromatic carbocycles. The van der Waals surface area contributed by atoms with Crippen molar-refractivity contribution in [1.82, 2.24) is 10.2 Å². The van der Waals surface area contributed by atoms with Gasteiger partial charge in [0, 0.05) is 39.0 Å². The number of aliphatic hydroxyl groups excluding tert-OH is 2. The minimum atomic E-state index is -1.45. The Morgan fingerprint density at radius 1 is 1.44 bits per heavy atom. The maximum absolute atomic E-state index is 10.9. The molecule has 0 aromatic rings. The number of rotatable bonds is 6. The lowest BCUT2D eigenvalue weighted by atomic mass is 9.99. The molecular formula is C10H20N2O4. The van der Waals surface area contributed by atoms with E-state index in [0.717, 1.165) is 13.1 Å². The van der Waals surface area contributed by atoms with Crippen molar-refractivity contribution in [2.75, 3.05) is 39.4 Å². The third kappa shape index (κ3) is 3.41. The van der Waals surface area contributed by atoms with E-state index in [4.69, 9.17) is 10.2 Å². The summed E-state index contributed by atoms with van der Waals surface area (Å²) in [6.45, 7) is 2.89. The normalized spacial score (nSPS) is 17.4.